The van der Waals surface area contributed by atoms with Gasteiger partial charge >= 0.3 is 84.9 Å². The summed E-state index contributed by atoms with van der Waals surface area (Å²) in [4.78, 5) is 21.6. The van der Waals surface area contributed by atoms with Gasteiger partial charge in [-0.15, -0.1) is 0 Å². The number of phosphoric acid groups is 1. The standard InChI is InChI=1S/C8H17.Na.H3O4P/c1-3-5-7-8-6-4-2;;1-5(2,3)4/h1,3-8H2,2H3;;(H3,1,2,3,4). The molecule has 0 atom stereocenters. The van der Waals surface area contributed by atoms with E-state index in [1.165, 1.54) is 70.1 Å². The minimum atomic E-state index is -4.64. The van der Waals surface area contributed by atoms with Crippen LogP contribution >= 0.6 is 7.82 Å². The van der Waals surface area contributed by atoms with Gasteiger partial charge in [-0.25, -0.2) is 4.57 Å². The van der Waals surface area contributed by atoms with E-state index >= 15 is 0 Å². The van der Waals surface area contributed by atoms with E-state index < -0.39 is 7.82 Å². The molecular formula is C8H20NaO4P. The van der Waals surface area contributed by atoms with E-state index in [1.807, 2.05) is 0 Å². The van der Waals surface area contributed by atoms with Crippen LogP contribution in [0, 0.1) is 0 Å². The van der Waals surface area contributed by atoms with Crippen LogP contribution < -0.4 is 0 Å². The summed E-state index contributed by atoms with van der Waals surface area (Å²) in [6, 6.07) is 0. The molecule has 0 saturated carbocycles. The predicted molar refractivity (Wildman–Crippen MR) is 58.2 cm³/mol. The normalized spacial score (nSPS) is 10.7. The second kappa shape index (κ2) is 12.2. The molecule has 0 fully saturated rings. The van der Waals surface area contributed by atoms with E-state index in [0.29, 0.717) is 0 Å². The van der Waals surface area contributed by atoms with Crippen LogP contribution in [0.1, 0.15) is 45.4 Å². The summed E-state index contributed by atoms with van der Waals surface area (Å²) in [7, 11) is -4.64. The minimum Gasteiger partial charge on any atom is -0.303 e. The topological polar surface area (TPSA) is 77.8 Å². The van der Waals surface area contributed by atoms with Gasteiger partial charge in [-0.1, -0.05) is 0 Å². The van der Waals surface area contributed by atoms with E-state index in [1.54, 1.807) is 0 Å². The Morgan fingerprint density at radius 3 is 1.71 bits per heavy atom. The van der Waals surface area contributed by atoms with Gasteiger partial charge in [0.25, 0.3) is 0 Å². The maximum atomic E-state index is 8.88. The third-order valence-electron chi connectivity index (χ3n) is 1.71. The van der Waals surface area contributed by atoms with Crippen LogP contribution in [-0.4, -0.2) is 42.6 Å². The molecule has 6 heteroatoms. The Labute approximate surface area is 104 Å². The average Bonchev–Trinajstić information content (AvgIpc) is 2.01. The molecule has 0 aliphatic heterocycles. The summed E-state index contributed by atoms with van der Waals surface area (Å²) < 4.78 is 10.4. The van der Waals surface area contributed by atoms with Crippen molar-refractivity contribution in [2.24, 2.45) is 0 Å². The Hall–Kier alpha value is 1.11. The molecule has 0 aromatic carbocycles. The van der Waals surface area contributed by atoms with Crippen LogP contribution in [0.25, 0.3) is 0 Å². The van der Waals surface area contributed by atoms with Crippen molar-refractivity contribution in [3.05, 3.63) is 0 Å². The van der Waals surface area contributed by atoms with E-state index in [4.69, 9.17) is 19.2 Å². The Morgan fingerprint density at radius 1 is 1.00 bits per heavy atom. The summed E-state index contributed by atoms with van der Waals surface area (Å²) in [5.74, 6) is 0. The van der Waals surface area contributed by atoms with Crippen LogP contribution in [0.15, 0.2) is 0 Å². The van der Waals surface area contributed by atoms with Crippen molar-refractivity contribution in [1.82, 2.24) is 0 Å². The quantitative estimate of drug-likeness (QED) is 0.373. The molecule has 0 saturated heterocycles. The largest absolute Gasteiger partial charge is 0.466 e. The van der Waals surface area contributed by atoms with E-state index in [2.05, 4.69) is 6.92 Å². The Balaban J connectivity index is 0. The van der Waals surface area contributed by atoms with Gasteiger partial charge in [0.05, 0.1) is 0 Å². The van der Waals surface area contributed by atoms with Gasteiger partial charge in [-0.3, -0.25) is 0 Å². The van der Waals surface area contributed by atoms with Crippen LogP contribution in [0.2, 0.25) is 3.67 Å². The number of hydrogen-bond acceptors (Lipinski definition) is 1. The second-order valence-corrected chi connectivity index (χ2v) is 5.31. The second-order valence-electron chi connectivity index (χ2n) is 3.28. The molecule has 0 amide bonds. The zero-order valence-corrected chi connectivity index (χ0v) is 12.0. The number of hydrogen-bond donors (Lipinski definition) is 3. The molecule has 0 aromatic rings. The van der Waals surface area contributed by atoms with Crippen molar-refractivity contribution < 1.29 is 19.2 Å². The first-order valence-electron chi connectivity index (χ1n) is 5.20. The molecule has 0 unspecified atom stereocenters. The van der Waals surface area contributed by atoms with Crippen molar-refractivity contribution in [3.8, 4) is 0 Å². The van der Waals surface area contributed by atoms with Gasteiger partial charge in [0.2, 0.25) is 0 Å². The van der Waals surface area contributed by atoms with E-state index in [9.17, 15) is 0 Å². The molecule has 0 aromatic heterocycles. The first-order valence-corrected chi connectivity index (χ1v) is 8.18. The van der Waals surface area contributed by atoms with Crippen LogP contribution in [-0.2, 0) is 4.57 Å². The Kier molecular flexibility index (Phi) is 15.2. The van der Waals surface area contributed by atoms with Crippen LogP contribution in [0.4, 0.5) is 0 Å². The molecule has 0 bridgehead atoms. The van der Waals surface area contributed by atoms with E-state index in [0.717, 1.165) is 0 Å². The average molecular weight is 234 g/mol. The number of unbranched alkanes of at least 4 members (excludes halogenated alkanes) is 5. The molecule has 0 aliphatic carbocycles. The van der Waals surface area contributed by atoms with Crippen molar-refractivity contribution >= 4 is 35.8 Å². The first-order chi connectivity index (χ1) is 6.41. The molecule has 0 spiro atoms. The summed E-state index contributed by atoms with van der Waals surface area (Å²) in [6.45, 7) is 2.27. The fourth-order valence-corrected chi connectivity index (χ4v) is 1.53. The summed E-state index contributed by atoms with van der Waals surface area (Å²) >= 11 is 1.41. The summed E-state index contributed by atoms with van der Waals surface area (Å²) in [5, 5.41) is 0. The van der Waals surface area contributed by atoms with Crippen LogP contribution in [0.5, 0.6) is 0 Å². The molecule has 0 heterocycles. The third kappa shape index (κ3) is 38.0. The smallest absolute Gasteiger partial charge is 0.303 e. The van der Waals surface area contributed by atoms with Crippen molar-refractivity contribution in [2.75, 3.05) is 0 Å². The van der Waals surface area contributed by atoms with E-state index in [-0.39, 0.29) is 0 Å². The molecular weight excluding hydrogens is 214 g/mol. The van der Waals surface area contributed by atoms with Crippen molar-refractivity contribution in [2.45, 2.75) is 49.1 Å². The SMILES string of the molecule is CCCCCCC[CH2][Na].O=P(O)(O)O. The minimum absolute atomic E-state index is 1.38. The van der Waals surface area contributed by atoms with Gasteiger partial charge in [-0.2, -0.15) is 0 Å². The molecule has 0 aliphatic rings. The summed E-state index contributed by atoms with van der Waals surface area (Å²) in [6.07, 6.45) is 8.76. The molecule has 4 nitrogen and oxygen atoms in total. The van der Waals surface area contributed by atoms with Crippen molar-refractivity contribution in [3.63, 3.8) is 0 Å². The van der Waals surface area contributed by atoms with Gasteiger partial charge < -0.3 is 14.7 Å². The Morgan fingerprint density at radius 2 is 1.36 bits per heavy atom. The molecule has 0 rings (SSSR count). The van der Waals surface area contributed by atoms with Gasteiger partial charge in [0.1, 0.15) is 0 Å². The monoisotopic (exact) mass is 234 g/mol. The maximum Gasteiger partial charge on any atom is 0.466 e. The maximum absolute atomic E-state index is 8.88. The fourth-order valence-electron chi connectivity index (χ4n) is 1.03. The predicted octanol–water partition coefficient (Wildman–Crippen LogP) is 2.01. The summed E-state index contributed by atoms with van der Waals surface area (Å²) in [5.41, 5.74) is 0. The van der Waals surface area contributed by atoms with Gasteiger partial charge in [0, 0.05) is 0 Å². The van der Waals surface area contributed by atoms with Crippen molar-refractivity contribution in [1.29, 1.82) is 0 Å². The molecule has 3 N–H and O–H groups in total. The van der Waals surface area contributed by atoms with Crippen LogP contribution in [0.3, 0.4) is 0 Å². The fraction of sp³-hybridized carbons (Fsp3) is 1.00. The zero-order chi connectivity index (χ0) is 11.4. The molecule has 0 radical (unpaired) electrons. The zero-order valence-electron chi connectivity index (χ0n) is 9.15. The Bertz CT molecular complexity index is 134. The van der Waals surface area contributed by atoms with Gasteiger partial charge in [-0.05, 0) is 0 Å². The van der Waals surface area contributed by atoms with Gasteiger partial charge in [0.15, 0.2) is 0 Å². The first kappa shape index (κ1) is 17.5. The molecule has 14 heavy (non-hydrogen) atoms. The third-order valence-corrected chi connectivity index (χ3v) is 2.41. The molecule has 82 valence electrons. The number of rotatable bonds is 6.